The number of hydrazine groups is 1. The quantitative estimate of drug-likeness (QED) is 0.170. The highest BCUT2D eigenvalue weighted by molar-refractivity contribution is 5.97. The third-order valence-corrected chi connectivity index (χ3v) is 8.00. The van der Waals surface area contributed by atoms with Crippen LogP contribution in [0.15, 0.2) is 72.8 Å². The summed E-state index contributed by atoms with van der Waals surface area (Å²) in [5.41, 5.74) is 6.90. The Bertz CT molecular complexity index is 1710. The van der Waals surface area contributed by atoms with Crippen molar-refractivity contribution >= 4 is 46.2 Å². The molecule has 3 N–H and O–H groups in total. The molecule has 260 valence electrons. The van der Waals surface area contributed by atoms with Gasteiger partial charge in [-0.15, -0.1) is 0 Å². The van der Waals surface area contributed by atoms with Crippen LogP contribution < -0.4 is 21.1 Å². The van der Waals surface area contributed by atoms with E-state index in [9.17, 15) is 24.0 Å². The predicted molar refractivity (Wildman–Crippen MR) is 187 cm³/mol. The number of hydrogen-bond acceptors (Lipinski definition) is 8. The van der Waals surface area contributed by atoms with Crippen molar-refractivity contribution in [3.05, 3.63) is 89.5 Å². The van der Waals surface area contributed by atoms with Crippen LogP contribution in [0.2, 0.25) is 0 Å². The zero-order valence-electron chi connectivity index (χ0n) is 28.7. The summed E-state index contributed by atoms with van der Waals surface area (Å²) in [6.07, 6.45) is 2.44. The lowest BCUT2D eigenvalue weighted by atomic mass is 9.97. The molecule has 3 aromatic rings. The number of benzene rings is 3. The highest BCUT2D eigenvalue weighted by Crippen LogP contribution is 2.27. The standard InChI is InChI=1S/C37H45N5O7/c1-25(29-13-8-11-26-10-6-7-12-30(26)29)38-35(46)31-16-15-28(41-20-9-21-42(23-22-41)36(47)49-37(2,3)4)24-27(31)14-17-32(43)39-40-33(44)18-19-34(45)48-5/h6-8,10-13,15-16,18-19,24-25H,9,14,17,20-23H2,1-5H3,(H,38,46)(H,39,43)(H,40,44)/b19-18+/t25-/m1/s1. The number of fused-ring (bicyclic) bond motifs is 1. The predicted octanol–water partition coefficient (Wildman–Crippen LogP) is 4.59. The van der Waals surface area contributed by atoms with E-state index in [1.807, 2.05) is 82.3 Å². The van der Waals surface area contributed by atoms with Crippen molar-refractivity contribution in [2.45, 2.75) is 58.6 Å². The first-order chi connectivity index (χ1) is 23.3. The molecule has 12 heteroatoms. The number of aryl methyl sites for hydroxylation is 1. The fraction of sp³-hybridized carbons (Fsp3) is 0.378. The molecule has 0 bridgehead atoms. The van der Waals surface area contributed by atoms with E-state index >= 15 is 0 Å². The molecule has 1 fully saturated rings. The molecule has 1 heterocycles. The van der Waals surface area contributed by atoms with Crippen molar-refractivity contribution in [2.75, 3.05) is 38.2 Å². The third kappa shape index (κ3) is 10.6. The molecule has 0 unspecified atom stereocenters. The average molecular weight is 672 g/mol. The van der Waals surface area contributed by atoms with Crippen LogP contribution in [0.25, 0.3) is 10.8 Å². The fourth-order valence-corrected chi connectivity index (χ4v) is 5.57. The van der Waals surface area contributed by atoms with E-state index in [1.54, 1.807) is 11.0 Å². The summed E-state index contributed by atoms with van der Waals surface area (Å²) < 4.78 is 10.0. The van der Waals surface area contributed by atoms with Crippen molar-refractivity contribution < 1.29 is 33.4 Å². The number of anilines is 1. The number of esters is 1. The van der Waals surface area contributed by atoms with Crippen LogP contribution in [0.1, 0.15) is 68.1 Å². The number of nitrogens with one attached hydrogen (secondary N) is 3. The van der Waals surface area contributed by atoms with Crippen molar-refractivity contribution in [1.82, 2.24) is 21.1 Å². The van der Waals surface area contributed by atoms with Crippen molar-refractivity contribution in [3.8, 4) is 0 Å². The molecule has 1 atom stereocenters. The molecule has 3 aromatic carbocycles. The van der Waals surface area contributed by atoms with Gasteiger partial charge < -0.3 is 24.6 Å². The van der Waals surface area contributed by atoms with Gasteiger partial charge in [0.05, 0.1) is 13.2 Å². The molecule has 0 aliphatic carbocycles. The number of carbonyl (C=O) groups is 5. The normalized spacial score (nSPS) is 14.1. The van der Waals surface area contributed by atoms with Gasteiger partial charge in [0.15, 0.2) is 0 Å². The number of ether oxygens (including phenoxy) is 2. The van der Waals surface area contributed by atoms with Crippen LogP contribution in [-0.4, -0.2) is 73.6 Å². The highest BCUT2D eigenvalue weighted by atomic mass is 16.6. The number of carbonyl (C=O) groups excluding carboxylic acids is 5. The van der Waals surface area contributed by atoms with E-state index in [4.69, 9.17) is 4.74 Å². The van der Waals surface area contributed by atoms with Gasteiger partial charge in [0.2, 0.25) is 5.91 Å². The maximum atomic E-state index is 13.8. The summed E-state index contributed by atoms with van der Waals surface area (Å²) in [4.78, 5) is 66.3. The fourth-order valence-electron chi connectivity index (χ4n) is 5.57. The topological polar surface area (TPSA) is 146 Å². The Kier molecular flexibility index (Phi) is 12.4. The Labute approximate surface area is 286 Å². The van der Waals surface area contributed by atoms with Gasteiger partial charge >= 0.3 is 12.1 Å². The zero-order chi connectivity index (χ0) is 35.6. The van der Waals surface area contributed by atoms with Crippen LogP contribution in [0.4, 0.5) is 10.5 Å². The first-order valence-electron chi connectivity index (χ1n) is 16.3. The molecule has 4 amide bonds. The van der Waals surface area contributed by atoms with Gasteiger partial charge in [-0.1, -0.05) is 42.5 Å². The lowest BCUT2D eigenvalue weighted by Gasteiger charge is -2.27. The van der Waals surface area contributed by atoms with E-state index < -0.39 is 23.4 Å². The summed E-state index contributed by atoms with van der Waals surface area (Å²) in [7, 11) is 1.19. The van der Waals surface area contributed by atoms with E-state index in [2.05, 4.69) is 25.8 Å². The maximum Gasteiger partial charge on any atom is 0.410 e. The van der Waals surface area contributed by atoms with Gasteiger partial charge in [-0.2, -0.15) is 0 Å². The Balaban J connectivity index is 1.51. The molecule has 0 aromatic heterocycles. The van der Waals surface area contributed by atoms with Crippen LogP contribution in [-0.2, 0) is 30.3 Å². The Morgan fingerprint density at radius 3 is 2.41 bits per heavy atom. The van der Waals surface area contributed by atoms with Gasteiger partial charge in [0.1, 0.15) is 5.60 Å². The molecule has 1 saturated heterocycles. The summed E-state index contributed by atoms with van der Waals surface area (Å²) in [5, 5.41) is 5.26. The van der Waals surface area contributed by atoms with E-state index in [0.29, 0.717) is 37.3 Å². The molecule has 0 saturated carbocycles. The number of hydrogen-bond donors (Lipinski definition) is 3. The number of rotatable bonds is 9. The Morgan fingerprint density at radius 1 is 0.898 bits per heavy atom. The Morgan fingerprint density at radius 2 is 1.65 bits per heavy atom. The first-order valence-corrected chi connectivity index (χ1v) is 16.3. The SMILES string of the molecule is COC(=O)/C=C/C(=O)NNC(=O)CCc1cc(N2CCCN(C(=O)OC(C)(C)C)CC2)ccc1C(=O)N[C@H](C)c1cccc2ccccc12. The molecular formula is C37H45N5O7. The van der Waals surface area contributed by atoms with E-state index in [1.165, 1.54) is 7.11 Å². The molecule has 12 nitrogen and oxygen atoms in total. The molecule has 0 spiro atoms. The maximum absolute atomic E-state index is 13.8. The second-order valence-electron chi connectivity index (χ2n) is 12.8. The van der Waals surface area contributed by atoms with E-state index in [-0.39, 0.29) is 30.9 Å². The molecule has 1 aliphatic heterocycles. The molecule has 0 radical (unpaired) electrons. The molecular weight excluding hydrogens is 626 g/mol. The number of methoxy groups -OCH3 is 1. The van der Waals surface area contributed by atoms with Gasteiger partial charge in [0, 0.05) is 56.0 Å². The zero-order valence-corrected chi connectivity index (χ0v) is 28.7. The van der Waals surface area contributed by atoms with Crippen molar-refractivity contribution in [3.63, 3.8) is 0 Å². The second kappa shape index (κ2) is 16.6. The molecule has 1 aliphatic rings. The average Bonchev–Trinajstić information content (AvgIpc) is 3.34. The van der Waals surface area contributed by atoms with Gasteiger partial charge in [-0.3, -0.25) is 25.2 Å². The summed E-state index contributed by atoms with van der Waals surface area (Å²) in [5.74, 6) is -2.17. The lowest BCUT2D eigenvalue weighted by Crippen LogP contribution is -2.41. The van der Waals surface area contributed by atoms with Crippen molar-refractivity contribution in [1.29, 1.82) is 0 Å². The smallest absolute Gasteiger partial charge is 0.410 e. The second-order valence-corrected chi connectivity index (χ2v) is 12.8. The van der Waals surface area contributed by atoms with Gasteiger partial charge in [-0.05, 0) is 80.6 Å². The minimum Gasteiger partial charge on any atom is -0.466 e. The van der Waals surface area contributed by atoms with Crippen molar-refractivity contribution in [2.24, 2.45) is 0 Å². The third-order valence-electron chi connectivity index (χ3n) is 8.00. The number of amides is 4. The highest BCUT2D eigenvalue weighted by Gasteiger charge is 2.25. The van der Waals surface area contributed by atoms with Gasteiger partial charge in [0.25, 0.3) is 11.8 Å². The summed E-state index contributed by atoms with van der Waals surface area (Å²) in [6, 6.07) is 19.3. The molecule has 4 rings (SSSR count). The number of nitrogens with zero attached hydrogens (tertiary/aromatic N) is 2. The Hall–Kier alpha value is -5.39. The van der Waals surface area contributed by atoms with E-state index in [0.717, 1.165) is 40.6 Å². The first kappa shape index (κ1) is 36.4. The monoisotopic (exact) mass is 671 g/mol. The van der Waals surface area contributed by atoms with Crippen LogP contribution >= 0.6 is 0 Å². The summed E-state index contributed by atoms with van der Waals surface area (Å²) in [6.45, 7) is 9.75. The minimum atomic E-state index is -0.705. The summed E-state index contributed by atoms with van der Waals surface area (Å²) >= 11 is 0. The van der Waals surface area contributed by atoms with Crippen LogP contribution in [0, 0.1) is 0 Å². The lowest BCUT2D eigenvalue weighted by molar-refractivity contribution is -0.135. The largest absolute Gasteiger partial charge is 0.466 e. The molecule has 49 heavy (non-hydrogen) atoms. The van der Waals surface area contributed by atoms with Crippen LogP contribution in [0.5, 0.6) is 0 Å². The van der Waals surface area contributed by atoms with Gasteiger partial charge in [-0.25, -0.2) is 9.59 Å². The minimum absolute atomic E-state index is 0.0317. The van der Waals surface area contributed by atoms with Crippen LogP contribution in [0.3, 0.4) is 0 Å².